The van der Waals surface area contributed by atoms with E-state index in [4.69, 9.17) is 0 Å². The first-order valence-electron chi connectivity index (χ1n) is 8.45. The van der Waals surface area contributed by atoms with Crippen molar-refractivity contribution in [2.75, 3.05) is 13.6 Å². The van der Waals surface area contributed by atoms with Gasteiger partial charge in [-0.25, -0.2) is 0 Å². The van der Waals surface area contributed by atoms with Gasteiger partial charge in [0.15, 0.2) is 0 Å². The maximum absolute atomic E-state index is 10.2. The molecule has 2 aromatic carbocycles. The molecular weight excluding hydrogens is 286 g/mol. The van der Waals surface area contributed by atoms with Crippen LogP contribution in [0, 0.1) is 0 Å². The first-order chi connectivity index (χ1) is 11.1. The third kappa shape index (κ3) is 3.67. The highest BCUT2D eigenvalue weighted by Crippen LogP contribution is 2.35. The molecule has 1 fully saturated rings. The highest BCUT2D eigenvalue weighted by atomic mass is 16.3. The van der Waals surface area contributed by atoms with Crippen LogP contribution < -0.4 is 0 Å². The predicted molar refractivity (Wildman–Crippen MR) is 93.8 cm³/mol. The molecule has 0 aromatic heterocycles. The van der Waals surface area contributed by atoms with E-state index in [1.807, 2.05) is 18.2 Å². The zero-order valence-corrected chi connectivity index (χ0v) is 13.7. The number of rotatable bonds is 4. The fourth-order valence-corrected chi connectivity index (χ4v) is 3.57. The normalized spacial score (nSPS) is 18.9. The van der Waals surface area contributed by atoms with Crippen molar-refractivity contribution >= 4 is 0 Å². The molecule has 1 aliphatic rings. The third-order valence-corrected chi connectivity index (χ3v) is 4.96. The highest BCUT2D eigenvalue weighted by Gasteiger charge is 2.19. The van der Waals surface area contributed by atoms with Crippen LogP contribution in [-0.2, 0) is 6.42 Å². The molecule has 0 radical (unpaired) electrons. The van der Waals surface area contributed by atoms with E-state index in [2.05, 4.69) is 18.0 Å². The van der Waals surface area contributed by atoms with Crippen LogP contribution in [0.25, 0.3) is 11.1 Å². The van der Waals surface area contributed by atoms with E-state index in [0.717, 1.165) is 18.4 Å². The number of aryl methyl sites for hydroxylation is 1. The molecule has 1 saturated heterocycles. The number of aromatic hydroxyl groups is 2. The number of benzene rings is 2. The van der Waals surface area contributed by atoms with Gasteiger partial charge in [0.2, 0.25) is 0 Å². The van der Waals surface area contributed by atoms with Gasteiger partial charge in [0.1, 0.15) is 11.5 Å². The summed E-state index contributed by atoms with van der Waals surface area (Å²) in [5.41, 5.74) is 2.95. The number of phenols is 2. The molecule has 0 bridgehead atoms. The van der Waals surface area contributed by atoms with Crippen molar-refractivity contribution in [3.63, 3.8) is 0 Å². The van der Waals surface area contributed by atoms with Gasteiger partial charge in [-0.2, -0.15) is 0 Å². The lowest BCUT2D eigenvalue weighted by molar-refractivity contribution is 0.176. The summed E-state index contributed by atoms with van der Waals surface area (Å²) in [6, 6.07) is 13.5. The predicted octanol–water partition coefficient (Wildman–Crippen LogP) is 4.18. The molecule has 0 amide bonds. The summed E-state index contributed by atoms with van der Waals surface area (Å²) in [6.45, 7) is 1.19. The molecule has 0 aliphatic carbocycles. The zero-order valence-electron chi connectivity index (χ0n) is 13.7. The number of piperidine rings is 1. The van der Waals surface area contributed by atoms with Crippen LogP contribution in [0.3, 0.4) is 0 Å². The average molecular weight is 311 g/mol. The van der Waals surface area contributed by atoms with Crippen LogP contribution in [0.5, 0.6) is 11.5 Å². The van der Waals surface area contributed by atoms with Gasteiger partial charge in [0.05, 0.1) is 0 Å². The number of hydrogen-bond acceptors (Lipinski definition) is 3. The monoisotopic (exact) mass is 311 g/mol. The van der Waals surface area contributed by atoms with Crippen molar-refractivity contribution in [1.29, 1.82) is 0 Å². The Kier molecular flexibility index (Phi) is 4.87. The van der Waals surface area contributed by atoms with Crippen LogP contribution in [0.4, 0.5) is 0 Å². The van der Waals surface area contributed by atoms with Crippen molar-refractivity contribution in [2.45, 2.75) is 38.1 Å². The molecule has 3 nitrogen and oxygen atoms in total. The minimum Gasteiger partial charge on any atom is -0.508 e. The largest absolute Gasteiger partial charge is 0.508 e. The van der Waals surface area contributed by atoms with Crippen LogP contribution in [-0.4, -0.2) is 34.7 Å². The Hall–Kier alpha value is -2.00. The Morgan fingerprint density at radius 3 is 2.70 bits per heavy atom. The summed E-state index contributed by atoms with van der Waals surface area (Å²) in [7, 11) is 2.22. The summed E-state index contributed by atoms with van der Waals surface area (Å²) in [4.78, 5) is 2.47. The van der Waals surface area contributed by atoms with E-state index < -0.39 is 0 Å². The second-order valence-corrected chi connectivity index (χ2v) is 6.53. The zero-order chi connectivity index (χ0) is 16.2. The standard InChI is InChI=1S/C20H25NO2/c1-21-13-5-4-7-16(21)10-9-15-6-2-3-8-18(15)19-14-17(22)11-12-20(19)23/h2-3,6,8,11-12,14,16,22-23H,4-5,7,9-10,13H2,1H3. The maximum atomic E-state index is 10.2. The topological polar surface area (TPSA) is 43.7 Å². The van der Waals surface area contributed by atoms with Crippen molar-refractivity contribution in [3.8, 4) is 22.6 Å². The van der Waals surface area contributed by atoms with E-state index in [0.29, 0.717) is 11.6 Å². The quantitative estimate of drug-likeness (QED) is 0.832. The molecule has 0 spiro atoms. The van der Waals surface area contributed by atoms with Crippen molar-refractivity contribution in [2.24, 2.45) is 0 Å². The van der Waals surface area contributed by atoms with Crippen LogP contribution in [0.15, 0.2) is 42.5 Å². The highest BCUT2D eigenvalue weighted by molar-refractivity contribution is 5.74. The fourth-order valence-electron chi connectivity index (χ4n) is 3.57. The van der Waals surface area contributed by atoms with Crippen molar-refractivity contribution in [1.82, 2.24) is 4.90 Å². The Labute approximate surface area is 138 Å². The molecule has 1 unspecified atom stereocenters. The molecule has 122 valence electrons. The molecule has 3 rings (SSSR count). The van der Waals surface area contributed by atoms with Crippen molar-refractivity contribution in [3.05, 3.63) is 48.0 Å². The summed E-state index contributed by atoms with van der Waals surface area (Å²) < 4.78 is 0. The van der Waals surface area contributed by atoms with Gasteiger partial charge in [0, 0.05) is 11.6 Å². The van der Waals surface area contributed by atoms with Gasteiger partial charge in [-0.15, -0.1) is 0 Å². The Morgan fingerprint density at radius 2 is 1.87 bits per heavy atom. The lowest BCUT2D eigenvalue weighted by Gasteiger charge is -2.32. The summed E-state index contributed by atoms with van der Waals surface area (Å²) in [5, 5.41) is 19.9. The van der Waals surface area contributed by atoms with E-state index in [1.165, 1.54) is 37.4 Å². The van der Waals surface area contributed by atoms with Crippen LogP contribution in [0.1, 0.15) is 31.2 Å². The minimum atomic E-state index is 0.180. The van der Waals surface area contributed by atoms with E-state index in [9.17, 15) is 10.2 Å². The SMILES string of the molecule is CN1CCCCC1CCc1ccccc1-c1cc(O)ccc1O. The third-order valence-electron chi connectivity index (χ3n) is 4.96. The van der Waals surface area contributed by atoms with Gasteiger partial charge >= 0.3 is 0 Å². The lowest BCUT2D eigenvalue weighted by atomic mass is 9.92. The maximum Gasteiger partial charge on any atom is 0.123 e. The minimum absolute atomic E-state index is 0.180. The van der Waals surface area contributed by atoms with Crippen LogP contribution in [0.2, 0.25) is 0 Å². The van der Waals surface area contributed by atoms with E-state index in [1.54, 1.807) is 12.1 Å². The number of likely N-dealkylation sites (tertiary alicyclic amines) is 1. The summed E-state index contributed by atoms with van der Waals surface area (Å²) >= 11 is 0. The summed E-state index contributed by atoms with van der Waals surface area (Å²) in [6.07, 6.45) is 6.02. The van der Waals surface area contributed by atoms with Gasteiger partial charge in [-0.1, -0.05) is 30.7 Å². The second kappa shape index (κ2) is 7.05. The van der Waals surface area contributed by atoms with Gasteiger partial charge in [-0.3, -0.25) is 0 Å². The molecule has 1 heterocycles. The van der Waals surface area contributed by atoms with Gasteiger partial charge in [0.25, 0.3) is 0 Å². The van der Waals surface area contributed by atoms with E-state index in [-0.39, 0.29) is 11.5 Å². The van der Waals surface area contributed by atoms with E-state index >= 15 is 0 Å². The number of hydrogen-bond donors (Lipinski definition) is 2. The van der Waals surface area contributed by atoms with Crippen LogP contribution >= 0.6 is 0 Å². The molecule has 1 aliphatic heterocycles. The number of nitrogens with zero attached hydrogens (tertiary/aromatic N) is 1. The first kappa shape index (κ1) is 15.9. The Balaban J connectivity index is 1.82. The molecule has 2 aromatic rings. The average Bonchev–Trinajstić information content (AvgIpc) is 2.57. The fraction of sp³-hybridized carbons (Fsp3) is 0.400. The molecular formula is C20H25NO2. The second-order valence-electron chi connectivity index (χ2n) is 6.53. The smallest absolute Gasteiger partial charge is 0.123 e. The molecule has 2 N–H and O–H groups in total. The molecule has 3 heteroatoms. The van der Waals surface area contributed by atoms with Gasteiger partial charge in [-0.05, 0) is 68.6 Å². The Bertz CT molecular complexity index is 668. The molecule has 23 heavy (non-hydrogen) atoms. The Morgan fingerprint density at radius 1 is 1.04 bits per heavy atom. The molecule has 0 saturated carbocycles. The lowest BCUT2D eigenvalue weighted by Crippen LogP contribution is -2.36. The molecule has 1 atom stereocenters. The number of phenolic OH excluding ortho intramolecular Hbond substituents is 2. The van der Waals surface area contributed by atoms with Gasteiger partial charge < -0.3 is 15.1 Å². The first-order valence-corrected chi connectivity index (χ1v) is 8.45. The summed E-state index contributed by atoms with van der Waals surface area (Å²) in [5.74, 6) is 0.393. The van der Waals surface area contributed by atoms with Crippen molar-refractivity contribution < 1.29 is 10.2 Å².